The molecule has 0 radical (unpaired) electrons. The Kier molecular flexibility index (Phi) is 7.23. The van der Waals surface area contributed by atoms with Crippen LogP contribution in [0.2, 0.25) is 0 Å². The van der Waals surface area contributed by atoms with E-state index < -0.39 is 37.0 Å². The number of nitrogens with one attached hydrogen (secondary N) is 2. The number of fused-ring (bicyclic) bond motifs is 1. The van der Waals surface area contributed by atoms with E-state index >= 15 is 0 Å². The largest absolute Gasteiger partial charge is 0.409 e. The topological polar surface area (TPSA) is 81.8 Å². The van der Waals surface area contributed by atoms with Gasteiger partial charge in [0.1, 0.15) is 6.04 Å². The molecule has 0 aromatic heterocycles. The first kappa shape index (κ1) is 22.7. The van der Waals surface area contributed by atoms with Gasteiger partial charge in [0, 0.05) is 6.04 Å². The average Bonchev–Trinajstić information content (AvgIpc) is 2.75. The van der Waals surface area contributed by atoms with E-state index in [1.54, 1.807) is 26.8 Å². The number of carbonyl (C=O) groups excluding carboxylic acids is 3. The molecule has 1 heterocycles. The summed E-state index contributed by atoms with van der Waals surface area (Å²) < 4.78 is 41.2. The number of benzene rings is 1. The van der Waals surface area contributed by atoms with Gasteiger partial charge in [-0.25, -0.2) is 0 Å². The molecule has 2 N–H and O–H groups in total. The van der Waals surface area contributed by atoms with Crippen LogP contribution < -0.4 is 15.5 Å². The van der Waals surface area contributed by atoms with Crippen LogP contribution in [0.25, 0.3) is 0 Å². The number of para-hydroxylation sites is 2. The summed E-state index contributed by atoms with van der Waals surface area (Å²) in [6, 6.07) is 3.48. The predicted molar refractivity (Wildman–Crippen MR) is 102 cm³/mol. The van der Waals surface area contributed by atoms with Crippen LogP contribution in [0.3, 0.4) is 0 Å². The van der Waals surface area contributed by atoms with Crippen molar-refractivity contribution in [1.82, 2.24) is 10.2 Å². The third-order valence-electron chi connectivity index (χ3n) is 4.40. The molecule has 3 amide bonds. The van der Waals surface area contributed by atoms with Crippen molar-refractivity contribution in [1.29, 1.82) is 0 Å². The minimum absolute atomic E-state index is 0.0200. The van der Waals surface area contributed by atoms with E-state index in [1.807, 2.05) is 0 Å². The monoisotopic (exact) mass is 414 g/mol. The van der Waals surface area contributed by atoms with E-state index in [0.717, 1.165) is 0 Å². The minimum atomic E-state index is -4.80. The Bertz CT molecular complexity index is 767. The van der Waals surface area contributed by atoms with Crippen molar-refractivity contribution >= 4 is 29.1 Å². The van der Waals surface area contributed by atoms with E-state index in [1.165, 1.54) is 23.1 Å². The van der Waals surface area contributed by atoms with Gasteiger partial charge in [-0.3, -0.25) is 24.2 Å². The Morgan fingerprint density at radius 3 is 2.52 bits per heavy atom. The molecule has 1 unspecified atom stereocenters. The highest BCUT2D eigenvalue weighted by Crippen LogP contribution is 2.37. The minimum Gasteiger partial charge on any atom is -0.353 e. The van der Waals surface area contributed by atoms with E-state index in [0.29, 0.717) is 11.4 Å². The molecule has 0 fully saturated rings. The Morgan fingerprint density at radius 1 is 1.28 bits per heavy atom. The van der Waals surface area contributed by atoms with Crippen LogP contribution >= 0.6 is 0 Å². The maximum atomic E-state index is 13.7. The third-order valence-corrected chi connectivity index (χ3v) is 4.40. The Hall–Kier alpha value is -2.62. The molecule has 2 rings (SSSR count). The summed E-state index contributed by atoms with van der Waals surface area (Å²) in [4.78, 5) is 39.0. The number of alkyl halides is 3. The van der Waals surface area contributed by atoms with Crippen molar-refractivity contribution in [2.45, 2.75) is 45.5 Å². The number of anilines is 2. The zero-order valence-corrected chi connectivity index (χ0v) is 16.5. The number of likely N-dealkylation sites (N-methyl/N-ethyl adjacent to an activating group) is 1. The zero-order chi connectivity index (χ0) is 21.8. The molecule has 1 aliphatic rings. The van der Waals surface area contributed by atoms with E-state index in [9.17, 15) is 27.6 Å². The van der Waals surface area contributed by atoms with Gasteiger partial charge in [0.05, 0.1) is 30.9 Å². The van der Waals surface area contributed by atoms with E-state index in [-0.39, 0.29) is 29.9 Å². The second-order valence-electron chi connectivity index (χ2n) is 7.12. The SMILES string of the molecule is CCN(CC(=O)NC(C)C)CC(=O)N1c2ccccc2NC(=O)CC1C(F)(F)F. The lowest BCUT2D eigenvalue weighted by molar-refractivity contribution is -0.158. The first-order valence-corrected chi connectivity index (χ1v) is 9.32. The van der Waals surface area contributed by atoms with Crippen molar-refractivity contribution in [2.24, 2.45) is 0 Å². The van der Waals surface area contributed by atoms with Crippen molar-refractivity contribution in [3.8, 4) is 0 Å². The highest BCUT2D eigenvalue weighted by Gasteiger charge is 2.49. The summed E-state index contributed by atoms with van der Waals surface area (Å²) in [5, 5.41) is 5.10. The molecule has 0 saturated heterocycles. The van der Waals surface area contributed by atoms with Crippen LogP contribution in [0.5, 0.6) is 0 Å². The van der Waals surface area contributed by atoms with Gasteiger partial charge < -0.3 is 10.6 Å². The van der Waals surface area contributed by atoms with Gasteiger partial charge in [0.25, 0.3) is 0 Å². The molecular formula is C19H25F3N4O3. The average molecular weight is 414 g/mol. The lowest BCUT2D eigenvalue weighted by atomic mass is 10.1. The lowest BCUT2D eigenvalue weighted by Crippen LogP contribution is -2.53. The van der Waals surface area contributed by atoms with Crippen molar-refractivity contribution in [3.05, 3.63) is 24.3 Å². The quantitative estimate of drug-likeness (QED) is 0.747. The summed E-state index contributed by atoms with van der Waals surface area (Å²) >= 11 is 0. The maximum Gasteiger partial charge on any atom is 0.409 e. The summed E-state index contributed by atoms with van der Waals surface area (Å²) in [6.45, 7) is 5.05. The van der Waals surface area contributed by atoms with E-state index in [4.69, 9.17) is 0 Å². The number of hydrogen-bond acceptors (Lipinski definition) is 4. The molecular weight excluding hydrogens is 389 g/mol. The second-order valence-corrected chi connectivity index (χ2v) is 7.12. The summed E-state index contributed by atoms with van der Waals surface area (Å²) in [5.41, 5.74) is 0.117. The molecule has 0 spiro atoms. The standard InChI is InChI=1S/C19H25F3N4O3/c1-4-25(10-17(28)23-12(2)3)11-18(29)26-14-8-6-5-7-13(14)24-16(27)9-15(26)19(20,21)22/h5-8,12,15H,4,9-11H2,1-3H3,(H,23,28)(H,24,27). The van der Waals surface area contributed by atoms with Gasteiger partial charge in [0.15, 0.2) is 0 Å². The Labute approximate surface area is 167 Å². The number of amides is 3. The third kappa shape index (κ3) is 5.93. The molecule has 7 nitrogen and oxygen atoms in total. The molecule has 29 heavy (non-hydrogen) atoms. The first-order chi connectivity index (χ1) is 13.5. The Balaban J connectivity index is 2.32. The number of halogens is 3. The van der Waals surface area contributed by atoms with Gasteiger partial charge >= 0.3 is 6.18 Å². The molecule has 0 saturated carbocycles. The van der Waals surface area contributed by atoms with Gasteiger partial charge in [-0.2, -0.15) is 13.2 Å². The first-order valence-electron chi connectivity index (χ1n) is 9.32. The number of rotatable bonds is 6. The molecule has 1 aliphatic heterocycles. The summed E-state index contributed by atoms with van der Waals surface area (Å²) in [5.74, 6) is -1.98. The van der Waals surface area contributed by atoms with Crippen molar-refractivity contribution in [3.63, 3.8) is 0 Å². The van der Waals surface area contributed by atoms with Gasteiger partial charge in [0.2, 0.25) is 17.7 Å². The second kappa shape index (κ2) is 9.25. The fourth-order valence-electron chi connectivity index (χ4n) is 3.11. The van der Waals surface area contributed by atoms with Crippen LogP contribution in [0.15, 0.2) is 24.3 Å². The fourth-order valence-corrected chi connectivity index (χ4v) is 3.11. The summed E-state index contributed by atoms with van der Waals surface area (Å²) in [6.07, 6.45) is -5.69. The maximum absolute atomic E-state index is 13.7. The van der Waals surface area contributed by atoms with Crippen LogP contribution in [0.1, 0.15) is 27.2 Å². The van der Waals surface area contributed by atoms with Gasteiger partial charge in [-0.05, 0) is 32.5 Å². The lowest BCUT2D eigenvalue weighted by Gasteiger charge is -2.33. The molecule has 1 aromatic rings. The Morgan fingerprint density at radius 2 is 1.93 bits per heavy atom. The van der Waals surface area contributed by atoms with Crippen LogP contribution in [0, 0.1) is 0 Å². The van der Waals surface area contributed by atoms with Crippen molar-refractivity contribution in [2.75, 3.05) is 29.9 Å². The number of hydrogen-bond donors (Lipinski definition) is 2. The molecule has 1 atom stereocenters. The van der Waals surface area contributed by atoms with Crippen LogP contribution in [0.4, 0.5) is 24.5 Å². The van der Waals surface area contributed by atoms with Crippen molar-refractivity contribution < 1.29 is 27.6 Å². The van der Waals surface area contributed by atoms with Gasteiger partial charge in [-0.15, -0.1) is 0 Å². The highest BCUT2D eigenvalue weighted by atomic mass is 19.4. The number of carbonyl (C=O) groups is 3. The smallest absolute Gasteiger partial charge is 0.353 e. The fraction of sp³-hybridized carbons (Fsp3) is 0.526. The predicted octanol–water partition coefficient (Wildman–Crippen LogP) is 2.14. The van der Waals surface area contributed by atoms with Crippen LogP contribution in [-0.2, 0) is 14.4 Å². The zero-order valence-electron chi connectivity index (χ0n) is 16.5. The normalized spacial score (nSPS) is 17.0. The molecule has 0 aliphatic carbocycles. The van der Waals surface area contributed by atoms with Crippen LogP contribution in [-0.4, -0.2) is 60.5 Å². The molecule has 0 bridgehead atoms. The molecule has 1 aromatic carbocycles. The molecule has 160 valence electrons. The van der Waals surface area contributed by atoms with Gasteiger partial charge in [-0.1, -0.05) is 19.1 Å². The number of nitrogens with zero attached hydrogens (tertiary/aromatic N) is 2. The highest BCUT2D eigenvalue weighted by molar-refractivity contribution is 6.05. The van der Waals surface area contributed by atoms with E-state index in [2.05, 4.69) is 10.6 Å². The molecule has 10 heteroatoms. The summed E-state index contributed by atoms with van der Waals surface area (Å²) in [7, 11) is 0.